The Kier molecular flexibility index (Phi) is 32.1. The summed E-state index contributed by atoms with van der Waals surface area (Å²) in [6.45, 7) is 37.0. The zero-order chi connectivity index (χ0) is 75.8. The number of hydrogen-bond acceptors (Lipinski definition) is 21. The number of halogens is 1. The molecule has 3 N–H and O–H groups in total. The average Bonchev–Trinajstić information content (AvgIpc) is 1.22. The molecule has 0 fully saturated rings. The lowest BCUT2D eigenvalue weighted by Crippen LogP contribution is -2.18. The summed E-state index contributed by atoms with van der Waals surface area (Å²) in [6, 6.07) is 33.5. The largest absolute Gasteiger partial charge is 0.391 e. The molecule has 0 radical (unpaired) electrons. The molecule has 0 spiro atoms. The number of aliphatic hydroxyl groups excluding tert-OH is 1. The number of aliphatic hydroxyl groups is 1. The first-order valence-corrected chi connectivity index (χ1v) is 45.8. The first-order valence-electron chi connectivity index (χ1n) is 31.3. The van der Waals surface area contributed by atoms with Crippen molar-refractivity contribution in [2.45, 2.75) is 253 Å². The molecule has 4 aromatic carbocycles. The normalized spacial score (nSPS) is 12.7. The summed E-state index contributed by atoms with van der Waals surface area (Å²) < 4.78 is 155. The summed E-state index contributed by atoms with van der Waals surface area (Å²) in [7, 11) is -21.5. The van der Waals surface area contributed by atoms with Crippen LogP contribution in [0.3, 0.4) is 0 Å². The van der Waals surface area contributed by atoms with E-state index in [1.807, 2.05) is 77.3 Å². The Bertz CT molecular complexity index is 4640. The van der Waals surface area contributed by atoms with Gasteiger partial charge in [-0.05, 0) is 220 Å². The average molecular weight is 1670 g/mol. The maximum Gasteiger partial charge on any atom is 0.216 e. The van der Waals surface area contributed by atoms with Crippen molar-refractivity contribution >= 4 is 151 Å². The number of benzene rings is 4. The van der Waals surface area contributed by atoms with Crippen LogP contribution in [0.2, 0.25) is 0 Å². The number of hydrogen-bond donors (Lipinski definition) is 3. The molecule has 0 bridgehead atoms. The molecule has 100 heavy (non-hydrogen) atoms. The molecule has 0 aliphatic heterocycles. The van der Waals surface area contributed by atoms with Crippen LogP contribution in [0, 0.1) is 0 Å². The molecule has 0 saturated heterocycles. The quantitative estimate of drug-likeness (QED) is 0.0565. The van der Waals surface area contributed by atoms with Gasteiger partial charge in [-0.25, -0.2) is 50.5 Å². The minimum absolute atomic E-state index is 0. The van der Waals surface area contributed by atoms with Crippen molar-refractivity contribution < 1.29 is 60.4 Å². The van der Waals surface area contributed by atoms with Crippen LogP contribution in [0.15, 0.2) is 182 Å². The number of rotatable bonds is 17. The van der Waals surface area contributed by atoms with Gasteiger partial charge >= 0.3 is 0 Å². The standard InChI is InChI=1S/C18H25NO4S3.C18H24O5S3.C18H22O3S3.C13H19BrO2S.C4H4S2.CH4/c2*1-12(2)25(20,21)15-8-13(18(3,4)5)9-16(10-15)26(22,23)17-7-6-14(11-19)24-17;1-12(2)24(20,21)16-9-13(18(3,4)5)8-15(10-16)23-17-7-6-14(11-19)22-17;1-9(2)17(15,16)12-7-10(13(3,4)5)6-11(14)8-12;5-4-2-1-3-6-4;/h6-10,12H,11,19H2,1-5H3;6-10,12,19H,11H2,1-5H3;6-12H,1-5H3;6-9H,1-5H3;1-3,5H;1H4. The Hall–Kier alpha value is -3.85. The Morgan fingerprint density at radius 2 is 0.820 bits per heavy atom. The van der Waals surface area contributed by atoms with E-state index in [2.05, 4.69) is 70.1 Å². The number of sulfone groups is 6. The fourth-order valence-corrected chi connectivity index (χ4v) is 21.9. The summed E-state index contributed by atoms with van der Waals surface area (Å²) in [6.07, 6.45) is 0.828. The zero-order valence-electron chi connectivity index (χ0n) is 59.6. The van der Waals surface area contributed by atoms with E-state index in [0.29, 0.717) is 30.7 Å². The molecule has 8 aromatic rings. The van der Waals surface area contributed by atoms with E-state index in [1.165, 1.54) is 53.4 Å². The first-order chi connectivity index (χ1) is 45.1. The highest BCUT2D eigenvalue weighted by Crippen LogP contribution is 2.40. The molecule has 15 nitrogen and oxygen atoms in total. The van der Waals surface area contributed by atoms with Gasteiger partial charge in [-0.15, -0.1) is 58.0 Å². The van der Waals surface area contributed by atoms with Gasteiger partial charge in [0.1, 0.15) is 8.42 Å². The number of carbonyl (C=O) groups excluding carboxylic acids is 1. The molecule has 8 rings (SSSR count). The molecule has 0 atom stereocenters. The molecule has 0 aliphatic carbocycles. The number of carbonyl (C=O) groups is 1. The first kappa shape index (κ1) is 90.4. The number of thiophene rings is 4. The second-order valence-electron chi connectivity index (χ2n) is 28.3. The highest BCUT2D eigenvalue weighted by Gasteiger charge is 2.32. The smallest absolute Gasteiger partial charge is 0.216 e. The van der Waals surface area contributed by atoms with E-state index >= 15 is 0 Å². The van der Waals surface area contributed by atoms with Gasteiger partial charge in [0.2, 0.25) is 19.7 Å². The SMILES string of the molecule is C.CC(C)S(=O)(=O)c1cc(Br)cc(C(C)(C)C)c1.CC(C)S(=O)(=O)c1cc(C(C)(C)C)cc(S(=O)(=O)c2ccc(CN)s2)c1.CC(C)S(=O)(=O)c1cc(C(C)(C)C)cc(S(=O)(=O)c2ccc(CO)s2)c1.CC(C)S(=O)(=O)c1cc(Sc2ccc(C=O)s2)cc(C(C)(C)C)c1.Sc1cccs1. The molecule has 0 amide bonds. The predicted molar refractivity (Wildman–Crippen MR) is 423 cm³/mol. The van der Waals surface area contributed by atoms with Crippen molar-refractivity contribution in [1.82, 2.24) is 0 Å². The Labute approximate surface area is 631 Å². The van der Waals surface area contributed by atoms with Gasteiger partial charge in [-0.1, -0.05) is 124 Å². The van der Waals surface area contributed by atoms with E-state index in [9.17, 15) is 60.4 Å². The molecule has 0 unspecified atom stereocenters. The second kappa shape index (κ2) is 35.5. The van der Waals surface area contributed by atoms with E-state index in [0.717, 1.165) is 62.8 Å². The second-order valence-corrected chi connectivity index (χ2v) is 50.1. The van der Waals surface area contributed by atoms with E-state index in [1.54, 1.807) is 127 Å². The number of nitrogens with two attached hydrogens (primary N) is 1. The summed E-state index contributed by atoms with van der Waals surface area (Å²) in [4.78, 5) is 14.4. The molecule has 4 aromatic heterocycles. The van der Waals surface area contributed by atoms with Crippen LogP contribution in [0.25, 0.3) is 0 Å². The van der Waals surface area contributed by atoms with E-state index in [-0.39, 0.29) is 59.4 Å². The van der Waals surface area contributed by atoms with Gasteiger partial charge in [-0.2, -0.15) is 0 Å². The maximum absolute atomic E-state index is 13.1. The van der Waals surface area contributed by atoms with Gasteiger partial charge in [0.25, 0.3) is 0 Å². The minimum Gasteiger partial charge on any atom is -0.391 e. The van der Waals surface area contributed by atoms with E-state index in [4.69, 9.17) is 5.73 Å². The fourth-order valence-electron chi connectivity index (χ4n) is 8.40. The molecule has 28 heteroatoms. The lowest BCUT2D eigenvalue weighted by molar-refractivity contribution is 0.112. The summed E-state index contributed by atoms with van der Waals surface area (Å²) >= 11 is 14.1. The van der Waals surface area contributed by atoms with Crippen LogP contribution in [-0.4, -0.2) is 82.9 Å². The van der Waals surface area contributed by atoms with E-state index < -0.39 is 90.9 Å². The van der Waals surface area contributed by atoms with Crippen molar-refractivity contribution in [3.63, 3.8) is 0 Å². The van der Waals surface area contributed by atoms with Crippen molar-refractivity contribution in [1.29, 1.82) is 0 Å². The zero-order valence-corrected chi connectivity index (χ0v) is 71.0. The summed E-state index contributed by atoms with van der Waals surface area (Å²) in [5.41, 5.74) is 7.85. The molecule has 0 aliphatic rings. The van der Waals surface area contributed by atoms with Crippen molar-refractivity contribution in [2.24, 2.45) is 5.73 Å². The third-order valence-electron chi connectivity index (χ3n) is 15.0. The van der Waals surface area contributed by atoms with Crippen LogP contribution < -0.4 is 5.73 Å². The van der Waals surface area contributed by atoms with Gasteiger partial charge in [-0.3, -0.25) is 4.79 Å². The van der Waals surface area contributed by atoms with Crippen LogP contribution in [0.4, 0.5) is 0 Å². The van der Waals surface area contributed by atoms with Gasteiger partial charge in [0, 0.05) is 25.7 Å². The lowest BCUT2D eigenvalue weighted by atomic mass is 9.87. The summed E-state index contributed by atoms with van der Waals surface area (Å²) in [5, 5.41) is 9.03. The predicted octanol–water partition coefficient (Wildman–Crippen LogP) is 18.9. The fraction of sp³-hybridized carbons (Fsp3) is 0.431. The Morgan fingerprint density at radius 1 is 0.470 bits per heavy atom. The Morgan fingerprint density at radius 3 is 1.12 bits per heavy atom. The third kappa shape index (κ3) is 24.1. The van der Waals surface area contributed by atoms with Gasteiger partial charge < -0.3 is 10.8 Å². The Balaban J connectivity index is 0.000000338. The van der Waals surface area contributed by atoms with Gasteiger partial charge in [0.15, 0.2) is 45.6 Å². The van der Waals surface area contributed by atoms with Crippen LogP contribution in [0.1, 0.15) is 188 Å². The van der Waals surface area contributed by atoms with Crippen LogP contribution in [-0.2, 0) is 93.8 Å². The molecular weight excluding hydrogens is 1570 g/mol. The molecule has 554 valence electrons. The minimum atomic E-state index is -3.88. The highest BCUT2D eigenvalue weighted by molar-refractivity contribution is 9.10. The molecular formula is C72H98BrNO14S12. The number of thiol groups is 1. The van der Waals surface area contributed by atoms with Gasteiger partial charge in [0.05, 0.1) is 70.3 Å². The maximum atomic E-state index is 13.1. The third-order valence-corrected chi connectivity index (χ3v) is 33.9. The van der Waals surface area contributed by atoms with Crippen molar-refractivity contribution in [2.75, 3.05) is 0 Å². The van der Waals surface area contributed by atoms with Crippen LogP contribution in [0.5, 0.6) is 0 Å². The monoisotopic (exact) mass is 1660 g/mol. The molecule has 0 saturated carbocycles. The summed E-state index contributed by atoms with van der Waals surface area (Å²) in [5.74, 6) is 0. The number of aldehydes is 1. The highest BCUT2D eigenvalue weighted by atomic mass is 79.9. The lowest BCUT2D eigenvalue weighted by Gasteiger charge is -2.21. The van der Waals surface area contributed by atoms with Crippen LogP contribution >= 0.6 is 85.7 Å². The van der Waals surface area contributed by atoms with Crippen molar-refractivity contribution in [3.8, 4) is 0 Å². The topological polar surface area (TPSA) is 268 Å². The molecule has 4 heterocycles. The van der Waals surface area contributed by atoms with Crippen molar-refractivity contribution in [3.05, 3.63) is 168 Å².